The minimum atomic E-state index is -0.0584. The van der Waals surface area contributed by atoms with E-state index < -0.39 is 0 Å². The minimum absolute atomic E-state index is 0.0107. The molecule has 0 aliphatic carbocycles. The van der Waals surface area contributed by atoms with Gasteiger partial charge in [0, 0.05) is 60.9 Å². The Morgan fingerprint density at radius 1 is 0.403 bits per heavy atom. The molecule has 0 amide bonds. The average molecular weight is 808 g/mol. The fraction of sp³-hybridized carbons (Fsp3) is 0.276. The quantitative estimate of drug-likeness (QED) is 0.162. The van der Waals surface area contributed by atoms with Crippen molar-refractivity contribution in [1.29, 1.82) is 0 Å². The van der Waals surface area contributed by atoms with Gasteiger partial charge >= 0.3 is 6.85 Å². The molecule has 0 saturated carbocycles. The van der Waals surface area contributed by atoms with E-state index in [1.807, 2.05) is 0 Å². The van der Waals surface area contributed by atoms with Crippen molar-refractivity contribution in [3.8, 4) is 16.8 Å². The van der Waals surface area contributed by atoms with Gasteiger partial charge in [0.2, 0.25) is 0 Å². The van der Waals surface area contributed by atoms with Crippen LogP contribution >= 0.6 is 0 Å². The van der Waals surface area contributed by atoms with Crippen molar-refractivity contribution in [2.75, 3.05) is 4.90 Å². The molecule has 62 heavy (non-hydrogen) atoms. The van der Waals surface area contributed by atoms with Crippen LogP contribution in [0.5, 0.6) is 0 Å². The number of hydrogen-bond donors (Lipinski definition) is 0. The first kappa shape index (κ1) is 38.9. The lowest BCUT2D eigenvalue weighted by atomic mass is 9.45. The lowest BCUT2D eigenvalue weighted by Gasteiger charge is -2.37. The zero-order valence-electron chi connectivity index (χ0n) is 38.6. The van der Waals surface area contributed by atoms with E-state index in [-0.39, 0.29) is 28.5 Å². The van der Waals surface area contributed by atoms with Gasteiger partial charge in [-0.05, 0) is 139 Å². The molecular formula is C58H58BN3. The Morgan fingerprint density at radius 3 is 1.44 bits per heavy atom. The van der Waals surface area contributed by atoms with Gasteiger partial charge in [-0.1, -0.05) is 138 Å². The van der Waals surface area contributed by atoms with Crippen LogP contribution in [0.2, 0.25) is 0 Å². The van der Waals surface area contributed by atoms with Gasteiger partial charge in [-0.3, -0.25) is 0 Å². The molecule has 9 aromatic rings. The fourth-order valence-electron chi connectivity index (χ4n) is 10.6. The number of fused-ring (bicyclic) bond motifs is 10. The zero-order chi connectivity index (χ0) is 43.4. The maximum Gasteiger partial charge on any atom is 0.333 e. The Morgan fingerprint density at radius 2 is 0.887 bits per heavy atom. The topological polar surface area (TPSA) is 13.1 Å². The molecule has 0 bridgehead atoms. The van der Waals surface area contributed by atoms with Crippen molar-refractivity contribution >= 4 is 78.4 Å². The SMILES string of the molecule is CC(C)(C)c1ccc2c(c1)c1cc(C(C)(C)C)cc3c1n2B1c2c-3cc(N(c3ccccc3)c3ccccc3)cc2-n2c3ccc(C(C)(C)C)cc3c3cc(C(C)(C)C)cc1c32. The number of hydrogen-bond acceptors (Lipinski definition) is 1. The van der Waals surface area contributed by atoms with Gasteiger partial charge in [0.1, 0.15) is 0 Å². The molecule has 0 spiro atoms. The molecule has 0 radical (unpaired) electrons. The van der Waals surface area contributed by atoms with Crippen molar-refractivity contribution in [3.63, 3.8) is 0 Å². The van der Waals surface area contributed by atoms with Gasteiger partial charge in [0.05, 0.1) is 11.0 Å². The van der Waals surface area contributed by atoms with E-state index in [0.29, 0.717) is 0 Å². The molecule has 7 aromatic carbocycles. The van der Waals surface area contributed by atoms with Crippen LogP contribution in [0.4, 0.5) is 17.1 Å². The molecule has 0 N–H and O–H groups in total. The molecule has 2 aromatic heterocycles. The summed E-state index contributed by atoms with van der Waals surface area (Å²) in [5.41, 5.74) is 20.7. The number of para-hydroxylation sites is 2. The Hall–Kier alpha value is -6.00. The van der Waals surface area contributed by atoms with Crippen LogP contribution in [0.1, 0.15) is 105 Å². The summed E-state index contributed by atoms with van der Waals surface area (Å²) >= 11 is 0. The third-order valence-electron chi connectivity index (χ3n) is 14.0. The van der Waals surface area contributed by atoms with E-state index in [0.717, 1.165) is 17.1 Å². The van der Waals surface area contributed by atoms with Gasteiger partial charge in [-0.25, -0.2) is 0 Å². The third-order valence-corrected chi connectivity index (χ3v) is 14.0. The molecule has 0 saturated heterocycles. The van der Waals surface area contributed by atoms with Crippen LogP contribution in [0.3, 0.4) is 0 Å². The number of anilines is 3. The molecule has 0 fully saturated rings. The predicted octanol–water partition coefficient (Wildman–Crippen LogP) is 14.5. The first-order valence-electron chi connectivity index (χ1n) is 22.6. The highest BCUT2D eigenvalue weighted by Gasteiger charge is 2.43. The molecule has 3 nitrogen and oxygen atoms in total. The Balaban J connectivity index is 1.37. The molecule has 4 heterocycles. The summed E-state index contributed by atoms with van der Waals surface area (Å²) < 4.78 is 5.39. The lowest BCUT2D eigenvalue weighted by molar-refractivity contribution is 0.590. The van der Waals surface area contributed by atoms with Gasteiger partial charge in [-0.15, -0.1) is 0 Å². The van der Waals surface area contributed by atoms with E-state index in [2.05, 4.69) is 230 Å². The smallest absolute Gasteiger partial charge is 0.333 e. The summed E-state index contributed by atoms with van der Waals surface area (Å²) in [6, 6.07) is 51.6. The summed E-state index contributed by atoms with van der Waals surface area (Å²) in [6.45, 7) is 28.2. The van der Waals surface area contributed by atoms with Crippen LogP contribution in [0.25, 0.3) is 60.4 Å². The molecular weight excluding hydrogens is 749 g/mol. The van der Waals surface area contributed by atoms with E-state index >= 15 is 0 Å². The molecule has 2 aliphatic heterocycles. The maximum atomic E-state index is 2.75. The Kier molecular flexibility index (Phi) is 8.02. The minimum Gasteiger partial charge on any atom is -0.375 e. The number of rotatable bonds is 3. The largest absolute Gasteiger partial charge is 0.375 e. The van der Waals surface area contributed by atoms with E-state index in [4.69, 9.17) is 0 Å². The number of nitrogens with zero attached hydrogens (tertiary/aromatic N) is 3. The lowest BCUT2D eigenvalue weighted by Crippen LogP contribution is -2.55. The highest BCUT2D eigenvalue weighted by atomic mass is 15.1. The van der Waals surface area contributed by atoms with Gasteiger partial charge in [0.25, 0.3) is 0 Å². The fourth-order valence-corrected chi connectivity index (χ4v) is 10.6. The molecule has 11 rings (SSSR count). The van der Waals surface area contributed by atoms with Crippen LogP contribution in [-0.4, -0.2) is 15.9 Å². The predicted molar refractivity (Wildman–Crippen MR) is 269 cm³/mol. The van der Waals surface area contributed by atoms with Crippen molar-refractivity contribution < 1.29 is 0 Å². The van der Waals surface area contributed by atoms with E-state index in [1.165, 1.54) is 93.6 Å². The molecule has 0 unspecified atom stereocenters. The van der Waals surface area contributed by atoms with Crippen molar-refractivity contribution in [2.45, 2.75) is 105 Å². The second-order valence-corrected chi connectivity index (χ2v) is 22.4. The molecule has 308 valence electrons. The monoisotopic (exact) mass is 807 g/mol. The summed E-state index contributed by atoms with van der Waals surface area (Å²) in [5.74, 6) is 0. The van der Waals surface area contributed by atoms with E-state index in [1.54, 1.807) is 0 Å². The third kappa shape index (κ3) is 5.64. The normalized spacial score (nSPS) is 13.8. The van der Waals surface area contributed by atoms with Crippen molar-refractivity contribution in [3.05, 3.63) is 156 Å². The first-order chi connectivity index (χ1) is 29.3. The van der Waals surface area contributed by atoms with Crippen LogP contribution in [0.15, 0.2) is 133 Å². The highest BCUT2D eigenvalue weighted by molar-refractivity contribution is 6.90. The van der Waals surface area contributed by atoms with Crippen molar-refractivity contribution in [2.24, 2.45) is 0 Å². The first-order valence-corrected chi connectivity index (χ1v) is 22.6. The van der Waals surface area contributed by atoms with Gasteiger partial charge in [0.15, 0.2) is 0 Å². The Bertz CT molecular complexity index is 3280. The van der Waals surface area contributed by atoms with E-state index in [9.17, 15) is 0 Å². The highest BCUT2D eigenvalue weighted by Crippen LogP contribution is 2.49. The van der Waals surface area contributed by atoms with Gasteiger partial charge < -0.3 is 13.9 Å². The van der Waals surface area contributed by atoms with Crippen molar-refractivity contribution in [1.82, 2.24) is 9.05 Å². The summed E-state index contributed by atoms with van der Waals surface area (Å²) in [4.78, 5) is 2.45. The van der Waals surface area contributed by atoms with Crippen LogP contribution in [-0.2, 0) is 21.7 Å². The van der Waals surface area contributed by atoms with Crippen LogP contribution < -0.4 is 15.8 Å². The summed E-state index contributed by atoms with van der Waals surface area (Å²) in [6.07, 6.45) is 0. The molecule has 2 aliphatic rings. The average Bonchev–Trinajstić information content (AvgIpc) is 3.73. The zero-order valence-corrected chi connectivity index (χ0v) is 38.6. The summed E-state index contributed by atoms with van der Waals surface area (Å²) in [5, 5.41) is 5.35. The Labute approximate surface area is 368 Å². The summed E-state index contributed by atoms with van der Waals surface area (Å²) in [7, 11) is 0. The molecule has 0 atom stereocenters. The molecule has 4 heteroatoms. The number of benzene rings is 7. The van der Waals surface area contributed by atoms with Crippen LogP contribution in [0, 0.1) is 0 Å². The van der Waals surface area contributed by atoms with Gasteiger partial charge in [-0.2, -0.15) is 0 Å². The maximum absolute atomic E-state index is 2.75. The second kappa shape index (κ2) is 12.8. The second-order valence-electron chi connectivity index (χ2n) is 22.4. The number of aromatic nitrogens is 2. The standard InChI is InChI=1S/C58H58BN3/c1-55(2,3)35-23-25-49-42(27-35)46-31-38(58(10,11)12)32-48-54(46)61(49)51-34-41(60(39-19-15-13-16-20-39)40-21-17-14-18-22-40)33-44-47-30-37(57(7,8)9)29-45-43-28-36(56(4,5)6)24-26-50(43)62(53(45)47)59(48)52(44)51/h13-34H,1-12H3.